The summed E-state index contributed by atoms with van der Waals surface area (Å²) in [6, 6.07) is 14.7. The molecule has 0 bridgehead atoms. The molecule has 0 saturated carbocycles. The number of benzene rings is 2. The van der Waals surface area contributed by atoms with Crippen molar-refractivity contribution in [3.05, 3.63) is 88.7 Å². The maximum atomic E-state index is 6.23. The molecule has 0 aliphatic carbocycles. The quantitative estimate of drug-likeness (QED) is 0.193. The van der Waals surface area contributed by atoms with Crippen molar-refractivity contribution in [1.29, 1.82) is 0 Å². The number of aryl methyl sites for hydroxylation is 3. The molecule has 0 aliphatic heterocycles. The summed E-state index contributed by atoms with van der Waals surface area (Å²) in [6.07, 6.45) is 1.62. The molecule has 0 amide bonds. The molecule has 4 aromatic rings. The van der Waals surface area contributed by atoms with Gasteiger partial charge in [0, 0.05) is 23.2 Å². The fourth-order valence-electron chi connectivity index (χ4n) is 3.52. The second-order valence-electron chi connectivity index (χ2n) is 8.07. The number of allylic oxidation sites excluding steroid dienone is 1. The van der Waals surface area contributed by atoms with Gasteiger partial charge in [0.25, 0.3) is 0 Å². The molecule has 2 heterocycles. The Kier molecular flexibility index (Phi) is 7.30. The van der Waals surface area contributed by atoms with Crippen molar-refractivity contribution in [2.75, 3.05) is 0 Å². The lowest BCUT2D eigenvalue weighted by atomic mass is 10.1. The number of aromatic nitrogens is 4. The van der Waals surface area contributed by atoms with Crippen LogP contribution in [0, 0.1) is 20.8 Å². The fraction of sp³-hybridized carbons (Fsp3) is 0.269. The molecule has 7 heteroatoms. The minimum Gasteiger partial charge on any atom is -0.482 e. The average Bonchev–Trinajstić information content (AvgIpc) is 3.42. The monoisotopic (exact) mass is 476 g/mol. The van der Waals surface area contributed by atoms with Crippen LogP contribution in [0.2, 0.25) is 0 Å². The number of hydrogen-bond acceptors (Lipinski definition) is 6. The molecule has 0 radical (unpaired) electrons. The maximum Gasteiger partial charge on any atom is 0.192 e. The van der Waals surface area contributed by atoms with E-state index >= 15 is 0 Å². The Morgan fingerprint density at radius 1 is 1.09 bits per heavy atom. The Morgan fingerprint density at radius 2 is 1.85 bits per heavy atom. The fourth-order valence-corrected chi connectivity index (χ4v) is 5.30. The van der Waals surface area contributed by atoms with Gasteiger partial charge in [0.1, 0.15) is 10.8 Å². The van der Waals surface area contributed by atoms with E-state index in [0.29, 0.717) is 6.54 Å². The van der Waals surface area contributed by atoms with Crippen LogP contribution in [-0.4, -0.2) is 19.7 Å². The van der Waals surface area contributed by atoms with Crippen molar-refractivity contribution in [2.24, 2.45) is 0 Å². The lowest BCUT2D eigenvalue weighted by Gasteiger charge is -2.17. The Hall–Kier alpha value is -2.90. The van der Waals surface area contributed by atoms with E-state index in [1.54, 1.807) is 23.1 Å². The molecular weight excluding hydrogens is 448 g/mol. The number of rotatable bonds is 9. The molecule has 33 heavy (non-hydrogen) atoms. The minimum atomic E-state index is -0.236. The average molecular weight is 477 g/mol. The van der Waals surface area contributed by atoms with Gasteiger partial charge in [-0.1, -0.05) is 65.4 Å². The molecule has 170 valence electrons. The molecule has 2 aromatic carbocycles. The van der Waals surface area contributed by atoms with E-state index in [-0.39, 0.29) is 6.10 Å². The van der Waals surface area contributed by atoms with Crippen molar-refractivity contribution in [1.82, 2.24) is 19.7 Å². The van der Waals surface area contributed by atoms with Crippen LogP contribution in [0.3, 0.4) is 0 Å². The standard InChI is InChI=1S/C26H28N4OS2/c1-6-13-30-24(20(5)31-23-12-9-18(3)14-19(23)4)28-29-26(30)33-16-22-15-32-25(27-22)21-10-7-17(2)8-11-21/h6-12,14-15,20H,1,13,16H2,2-5H3. The predicted octanol–water partition coefficient (Wildman–Crippen LogP) is 6.95. The van der Waals surface area contributed by atoms with Gasteiger partial charge in [0.15, 0.2) is 17.1 Å². The SMILES string of the molecule is C=CCn1c(SCc2csc(-c3ccc(C)cc3)n2)nnc1C(C)Oc1ccc(C)cc1C. The van der Waals surface area contributed by atoms with Gasteiger partial charge in [0.05, 0.1) is 5.69 Å². The normalized spacial score (nSPS) is 12.0. The summed E-state index contributed by atoms with van der Waals surface area (Å²) in [7, 11) is 0. The molecule has 0 fully saturated rings. The summed E-state index contributed by atoms with van der Waals surface area (Å²) < 4.78 is 8.30. The first-order valence-electron chi connectivity index (χ1n) is 10.9. The van der Waals surface area contributed by atoms with E-state index in [0.717, 1.165) is 44.3 Å². The molecule has 0 saturated heterocycles. The molecule has 1 atom stereocenters. The van der Waals surface area contributed by atoms with Crippen LogP contribution in [0.15, 0.2) is 65.7 Å². The van der Waals surface area contributed by atoms with Crippen molar-refractivity contribution < 1.29 is 4.74 Å². The predicted molar refractivity (Wildman–Crippen MR) is 137 cm³/mol. The van der Waals surface area contributed by atoms with E-state index in [4.69, 9.17) is 9.72 Å². The second-order valence-corrected chi connectivity index (χ2v) is 9.87. The van der Waals surface area contributed by atoms with Gasteiger partial charge >= 0.3 is 0 Å². The highest BCUT2D eigenvalue weighted by molar-refractivity contribution is 7.98. The highest BCUT2D eigenvalue weighted by atomic mass is 32.2. The summed E-state index contributed by atoms with van der Waals surface area (Å²) in [5.74, 6) is 2.38. The lowest BCUT2D eigenvalue weighted by Crippen LogP contribution is -2.12. The van der Waals surface area contributed by atoms with E-state index in [1.807, 2.05) is 19.1 Å². The third-order valence-electron chi connectivity index (χ3n) is 5.25. The molecule has 2 aromatic heterocycles. The van der Waals surface area contributed by atoms with Gasteiger partial charge in [-0.15, -0.1) is 28.1 Å². The highest BCUT2D eigenvalue weighted by Crippen LogP contribution is 2.30. The first-order chi connectivity index (χ1) is 15.9. The Morgan fingerprint density at radius 3 is 2.58 bits per heavy atom. The van der Waals surface area contributed by atoms with Crippen LogP contribution < -0.4 is 4.74 Å². The second kappa shape index (κ2) is 10.4. The zero-order valence-electron chi connectivity index (χ0n) is 19.4. The van der Waals surface area contributed by atoms with E-state index in [9.17, 15) is 0 Å². The molecule has 0 spiro atoms. The minimum absolute atomic E-state index is 0.236. The highest BCUT2D eigenvalue weighted by Gasteiger charge is 2.20. The molecule has 1 unspecified atom stereocenters. The zero-order valence-corrected chi connectivity index (χ0v) is 21.0. The van der Waals surface area contributed by atoms with Gasteiger partial charge in [0.2, 0.25) is 0 Å². The van der Waals surface area contributed by atoms with Crippen molar-refractivity contribution in [3.63, 3.8) is 0 Å². The van der Waals surface area contributed by atoms with Gasteiger partial charge in [-0.25, -0.2) is 4.98 Å². The van der Waals surface area contributed by atoms with Crippen LogP contribution in [0.5, 0.6) is 5.75 Å². The largest absolute Gasteiger partial charge is 0.482 e. The molecule has 5 nitrogen and oxygen atoms in total. The number of ether oxygens (including phenoxy) is 1. The summed E-state index contributed by atoms with van der Waals surface area (Å²) >= 11 is 3.30. The van der Waals surface area contributed by atoms with Crippen LogP contribution in [0.4, 0.5) is 0 Å². The Balaban J connectivity index is 1.47. The number of thioether (sulfide) groups is 1. The lowest BCUT2D eigenvalue weighted by molar-refractivity contribution is 0.209. The molecule has 0 N–H and O–H groups in total. The van der Waals surface area contributed by atoms with Crippen LogP contribution in [0.25, 0.3) is 10.6 Å². The zero-order chi connectivity index (χ0) is 23.4. The maximum absolute atomic E-state index is 6.23. The van der Waals surface area contributed by atoms with Gasteiger partial charge in [-0.3, -0.25) is 4.57 Å². The smallest absolute Gasteiger partial charge is 0.192 e. The van der Waals surface area contributed by atoms with Crippen molar-refractivity contribution >= 4 is 23.1 Å². The molecular formula is C26H28N4OS2. The van der Waals surface area contributed by atoms with Gasteiger partial charge in [-0.2, -0.15) is 0 Å². The van der Waals surface area contributed by atoms with Gasteiger partial charge in [-0.05, 0) is 39.3 Å². The third-order valence-corrected chi connectivity index (χ3v) is 7.19. The summed E-state index contributed by atoms with van der Waals surface area (Å²) in [4.78, 5) is 4.81. The van der Waals surface area contributed by atoms with Crippen molar-refractivity contribution in [2.45, 2.75) is 51.3 Å². The molecule has 4 rings (SSSR count). The number of nitrogens with zero attached hydrogens (tertiary/aromatic N) is 4. The first-order valence-corrected chi connectivity index (χ1v) is 12.7. The summed E-state index contributed by atoms with van der Waals surface area (Å²) in [5, 5.41) is 12.9. The summed E-state index contributed by atoms with van der Waals surface area (Å²) in [6.45, 7) is 12.8. The van der Waals surface area contributed by atoms with Crippen LogP contribution in [0.1, 0.15) is 41.2 Å². The van der Waals surface area contributed by atoms with Crippen molar-refractivity contribution in [3.8, 4) is 16.3 Å². The molecule has 0 aliphatic rings. The number of thiazole rings is 1. The van der Waals surface area contributed by atoms with Crippen LogP contribution >= 0.6 is 23.1 Å². The Labute approximate surface area is 203 Å². The van der Waals surface area contributed by atoms with Crippen LogP contribution in [-0.2, 0) is 12.3 Å². The summed E-state index contributed by atoms with van der Waals surface area (Å²) in [5.41, 5.74) is 5.76. The van der Waals surface area contributed by atoms with E-state index in [2.05, 4.69) is 83.9 Å². The third kappa shape index (κ3) is 5.54. The first kappa shape index (κ1) is 23.3. The van der Waals surface area contributed by atoms with Gasteiger partial charge < -0.3 is 4.74 Å². The topological polar surface area (TPSA) is 52.8 Å². The number of hydrogen-bond donors (Lipinski definition) is 0. The Bertz CT molecular complexity index is 1240. The van der Waals surface area contributed by atoms with E-state index in [1.165, 1.54) is 11.1 Å². The van der Waals surface area contributed by atoms with E-state index < -0.39 is 0 Å².